The van der Waals surface area contributed by atoms with Gasteiger partial charge in [-0.2, -0.15) is 0 Å². The molecule has 2 fully saturated rings. The molecule has 56 heavy (non-hydrogen) atoms. The molecule has 14 heteroatoms. The topological polar surface area (TPSA) is 161 Å². The van der Waals surface area contributed by atoms with Crippen LogP contribution in [0.4, 0.5) is 0 Å². The van der Waals surface area contributed by atoms with Gasteiger partial charge in [0.1, 0.15) is 24.9 Å². The van der Waals surface area contributed by atoms with Gasteiger partial charge in [-0.1, -0.05) is 97.1 Å². The Bertz CT molecular complexity index is 1720. The minimum Gasteiger partial charge on any atom is -0.459 e. The van der Waals surface area contributed by atoms with E-state index in [0.717, 1.165) is 30.5 Å². The minimum atomic E-state index is -1.54. The number of carbonyl (C=O) groups is 4. The summed E-state index contributed by atoms with van der Waals surface area (Å²) in [5.74, 6) is -3.05. The van der Waals surface area contributed by atoms with Crippen LogP contribution in [0.2, 0.25) is 0 Å². The molecule has 14 nitrogen and oxygen atoms in total. The van der Waals surface area contributed by atoms with Gasteiger partial charge in [-0.3, -0.25) is 14.4 Å². The lowest BCUT2D eigenvalue weighted by molar-refractivity contribution is -0.360. The fourth-order valence-corrected chi connectivity index (χ4v) is 6.39. The summed E-state index contributed by atoms with van der Waals surface area (Å²) in [6.45, 7) is 8.88. The fraction of sp³-hybridized carbons (Fsp3) is 0.429. The Hall–Kier alpha value is -4.96. The highest BCUT2D eigenvalue weighted by atomic mass is 16.8. The van der Waals surface area contributed by atoms with Crippen molar-refractivity contribution in [2.45, 2.75) is 109 Å². The number of ether oxygens (including phenoxy) is 10. The molecule has 0 bridgehead atoms. The second kappa shape index (κ2) is 20.8. The molecule has 2 aliphatic rings. The third kappa shape index (κ3) is 11.8. The maximum absolute atomic E-state index is 14.2. The first-order chi connectivity index (χ1) is 27.0. The van der Waals surface area contributed by atoms with Gasteiger partial charge in [0.25, 0.3) is 0 Å². The van der Waals surface area contributed by atoms with E-state index >= 15 is 0 Å². The summed E-state index contributed by atoms with van der Waals surface area (Å²) < 4.78 is 61.1. The lowest BCUT2D eigenvalue weighted by atomic mass is 9.96. The standard InChI is InChI=1S/C42H48O14/c1-6-22-47-41-38(49-24-31-18-12-8-13-19-31)34(48-23-30-16-10-7-11-17-30)36(37(56-41)40(46)50-25-32-20-14-9-15-21-32)55-42-39(54-29(5)45)35(53-28(4)44)33(26(2)51-42)52-27(3)43/h6-21,26,33-39,41-42H,1,22-25H2,2-5H3/t26-,33-,34-,35+,36+,37-,38+,39+,41+,42-/m0/s1. The highest BCUT2D eigenvalue weighted by Gasteiger charge is 2.57. The van der Waals surface area contributed by atoms with Crippen LogP contribution in [-0.2, 0) is 86.4 Å². The van der Waals surface area contributed by atoms with Crippen molar-refractivity contribution in [3.8, 4) is 0 Å². The van der Waals surface area contributed by atoms with E-state index in [1.165, 1.54) is 13.0 Å². The number of rotatable bonds is 17. The Kier molecular flexibility index (Phi) is 15.7. The summed E-state index contributed by atoms with van der Waals surface area (Å²) in [5.41, 5.74) is 2.35. The van der Waals surface area contributed by atoms with Crippen LogP contribution in [0.3, 0.4) is 0 Å². The van der Waals surface area contributed by atoms with Crippen molar-refractivity contribution in [2.24, 2.45) is 0 Å². The first kappa shape index (κ1) is 42.2. The van der Waals surface area contributed by atoms with Gasteiger partial charge in [-0.25, -0.2) is 4.79 Å². The van der Waals surface area contributed by atoms with Crippen LogP contribution in [0.25, 0.3) is 0 Å². The minimum absolute atomic E-state index is 0.0257. The predicted octanol–water partition coefficient (Wildman–Crippen LogP) is 4.75. The summed E-state index contributed by atoms with van der Waals surface area (Å²) in [4.78, 5) is 51.3. The van der Waals surface area contributed by atoms with E-state index in [9.17, 15) is 19.2 Å². The molecule has 0 amide bonds. The van der Waals surface area contributed by atoms with Crippen molar-refractivity contribution >= 4 is 23.9 Å². The van der Waals surface area contributed by atoms with E-state index in [0.29, 0.717) is 0 Å². The van der Waals surface area contributed by atoms with E-state index < -0.39 is 85.3 Å². The molecular formula is C42H48O14. The third-order valence-corrected chi connectivity index (χ3v) is 8.82. The van der Waals surface area contributed by atoms with Crippen molar-refractivity contribution in [3.63, 3.8) is 0 Å². The molecule has 300 valence electrons. The Labute approximate surface area is 325 Å². The SMILES string of the molecule is C=CCO[C@@H]1O[C@H](C(=O)OCc2ccccc2)[C@H](O[C@@H]2O[C@@H](C)[C@H](OC(C)=O)[C@@H](OC(C)=O)[C@H]2OC(C)=O)[C@H](OCc2ccccc2)[C@H]1OCc1ccccc1. The molecule has 2 heterocycles. The molecule has 0 aromatic heterocycles. The van der Waals surface area contributed by atoms with Crippen LogP contribution in [-0.4, -0.2) is 91.9 Å². The van der Waals surface area contributed by atoms with Crippen molar-refractivity contribution in [1.29, 1.82) is 0 Å². The van der Waals surface area contributed by atoms with Gasteiger partial charge < -0.3 is 47.4 Å². The maximum atomic E-state index is 14.2. The van der Waals surface area contributed by atoms with E-state index in [1.807, 2.05) is 78.9 Å². The number of hydrogen-bond acceptors (Lipinski definition) is 14. The van der Waals surface area contributed by atoms with Crippen molar-refractivity contribution in [3.05, 3.63) is 120 Å². The van der Waals surface area contributed by atoms with E-state index in [1.54, 1.807) is 19.1 Å². The Morgan fingerprint density at radius 1 is 0.571 bits per heavy atom. The van der Waals surface area contributed by atoms with Crippen LogP contribution >= 0.6 is 0 Å². The van der Waals surface area contributed by atoms with Crippen molar-refractivity contribution < 1.29 is 66.5 Å². The molecule has 0 radical (unpaired) electrons. The number of carbonyl (C=O) groups excluding carboxylic acids is 4. The normalized spacial score (nSPS) is 27.4. The molecule has 0 spiro atoms. The van der Waals surface area contributed by atoms with Crippen LogP contribution in [0.1, 0.15) is 44.4 Å². The van der Waals surface area contributed by atoms with Crippen LogP contribution < -0.4 is 0 Å². The van der Waals surface area contributed by atoms with Crippen LogP contribution in [0.5, 0.6) is 0 Å². The summed E-state index contributed by atoms with van der Waals surface area (Å²) in [6.07, 6.45) is -11.4. The largest absolute Gasteiger partial charge is 0.459 e. The summed E-state index contributed by atoms with van der Waals surface area (Å²) in [6, 6.07) is 27.8. The fourth-order valence-electron chi connectivity index (χ4n) is 6.39. The van der Waals surface area contributed by atoms with E-state index in [4.69, 9.17) is 47.4 Å². The van der Waals surface area contributed by atoms with Crippen LogP contribution in [0, 0.1) is 0 Å². The Morgan fingerprint density at radius 2 is 1.05 bits per heavy atom. The molecule has 0 saturated carbocycles. The van der Waals surface area contributed by atoms with Gasteiger partial charge in [0.15, 0.2) is 37.0 Å². The van der Waals surface area contributed by atoms with Crippen molar-refractivity contribution in [2.75, 3.05) is 6.61 Å². The molecule has 3 aromatic carbocycles. The second-order valence-electron chi connectivity index (χ2n) is 13.2. The Balaban J connectivity index is 1.58. The van der Waals surface area contributed by atoms with Crippen molar-refractivity contribution in [1.82, 2.24) is 0 Å². The monoisotopic (exact) mass is 776 g/mol. The summed E-state index contributed by atoms with van der Waals surface area (Å²) in [5, 5.41) is 0. The first-order valence-electron chi connectivity index (χ1n) is 18.3. The molecule has 2 saturated heterocycles. The number of hydrogen-bond donors (Lipinski definition) is 0. The van der Waals surface area contributed by atoms with Crippen LogP contribution in [0.15, 0.2) is 104 Å². The second-order valence-corrected chi connectivity index (χ2v) is 13.2. The zero-order valence-corrected chi connectivity index (χ0v) is 31.8. The quantitative estimate of drug-likeness (QED) is 0.105. The molecule has 5 rings (SSSR count). The highest BCUT2D eigenvalue weighted by molar-refractivity contribution is 5.76. The summed E-state index contributed by atoms with van der Waals surface area (Å²) >= 11 is 0. The third-order valence-electron chi connectivity index (χ3n) is 8.82. The highest BCUT2D eigenvalue weighted by Crippen LogP contribution is 2.36. The van der Waals surface area contributed by atoms with E-state index in [2.05, 4.69) is 6.58 Å². The molecule has 10 atom stereocenters. The van der Waals surface area contributed by atoms with Gasteiger partial charge in [0.2, 0.25) is 0 Å². The zero-order valence-electron chi connectivity index (χ0n) is 31.8. The smallest absolute Gasteiger partial charge is 0.338 e. The molecule has 0 aliphatic carbocycles. The lowest BCUT2D eigenvalue weighted by Crippen LogP contribution is -2.66. The average molecular weight is 777 g/mol. The van der Waals surface area contributed by atoms with Gasteiger partial charge in [-0.05, 0) is 23.6 Å². The van der Waals surface area contributed by atoms with Gasteiger partial charge in [0, 0.05) is 20.8 Å². The van der Waals surface area contributed by atoms with E-state index in [-0.39, 0.29) is 26.4 Å². The predicted molar refractivity (Wildman–Crippen MR) is 197 cm³/mol. The average Bonchev–Trinajstić information content (AvgIpc) is 3.18. The number of esters is 4. The van der Waals surface area contributed by atoms with Gasteiger partial charge in [-0.15, -0.1) is 6.58 Å². The Morgan fingerprint density at radius 3 is 1.57 bits per heavy atom. The molecule has 3 aromatic rings. The molecular weight excluding hydrogens is 728 g/mol. The van der Waals surface area contributed by atoms with Gasteiger partial charge >= 0.3 is 23.9 Å². The van der Waals surface area contributed by atoms with Gasteiger partial charge in [0.05, 0.1) is 25.9 Å². The molecule has 0 N–H and O–H groups in total. The molecule has 0 unspecified atom stereocenters. The zero-order chi connectivity index (χ0) is 40.0. The lowest BCUT2D eigenvalue weighted by Gasteiger charge is -2.48. The number of benzene rings is 3. The molecule has 2 aliphatic heterocycles. The summed E-state index contributed by atoms with van der Waals surface area (Å²) in [7, 11) is 0. The maximum Gasteiger partial charge on any atom is 0.338 e. The first-order valence-corrected chi connectivity index (χ1v) is 18.3.